The van der Waals surface area contributed by atoms with Crippen molar-refractivity contribution in [3.63, 3.8) is 0 Å². The smallest absolute Gasteiger partial charge is 0.326 e. The normalized spacial score (nSPS) is 27.0. The van der Waals surface area contributed by atoms with E-state index >= 15 is 0 Å². The molecule has 32 heavy (non-hydrogen) atoms. The number of carbonyl (C=O) groups is 3. The molecule has 0 radical (unpaired) electrons. The Morgan fingerprint density at radius 3 is 2.44 bits per heavy atom. The van der Waals surface area contributed by atoms with Gasteiger partial charge in [0.2, 0.25) is 11.8 Å². The number of ether oxygens (including phenoxy) is 1. The molecule has 0 aliphatic carbocycles. The number of methoxy groups -OCH3 is 1. The van der Waals surface area contributed by atoms with E-state index in [4.69, 9.17) is 4.74 Å². The molecule has 2 aromatic rings. The van der Waals surface area contributed by atoms with Crippen LogP contribution < -0.4 is 10.2 Å². The van der Waals surface area contributed by atoms with Gasteiger partial charge in [-0.25, -0.2) is 13.7 Å². The number of rotatable bonds is 6. The van der Waals surface area contributed by atoms with Crippen LogP contribution in [0.15, 0.2) is 48.5 Å². The minimum absolute atomic E-state index is 0.194. The third-order valence-corrected chi connectivity index (χ3v) is 6.84. The molecule has 0 spiro atoms. The zero-order chi connectivity index (χ0) is 23.0. The van der Waals surface area contributed by atoms with E-state index < -0.39 is 52.8 Å². The molecule has 0 unspecified atom stereocenters. The monoisotopic (exact) mass is 460 g/mol. The van der Waals surface area contributed by atoms with E-state index in [1.165, 1.54) is 49.2 Å². The van der Waals surface area contributed by atoms with E-state index in [2.05, 4.69) is 5.32 Å². The first kappa shape index (κ1) is 22.4. The van der Waals surface area contributed by atoms with Crippen LogP contribution in [0.1, 0.15) is 18.0 Å². The summed E-state index contributed by atoms with van der Waals surface area (Å²) in [6, 6.07) is 10.0. The van der Waals surface area contributed by atoms with Crippen LogP contribution in [0.4, 0.5) is 14.5 Å². The van der Waals surface area contributed by atoms with Crippen LogP contribution in [-0.4, -0.2) is 42.4 Å². The molecule has 9 heteroatoms. The molecule has 6 nitrogen and oxygen atoms in total. The summed E-state index contributed by atoms with van der Waals surface area (Å²) >= 11 is 1.48. The van der Waals surface area contributed by atoms with Crippen molar-refractivity contribution in [3.8, 4) is 0 Å². The third-order valence-electron chi connectivity index (χ3n) is 6.23. The largest absolute Gasteiger partial charge is 0.468 e. The number of nitrogens with one attached hydrogen (secondary N) is 1. The van der Waals surface area contributed by atoms with Crippen LogP contribution in [0.2, 0.25) is 0 Å². The highest BCUT2D eigenvalue weighted by Crippen LogP contribution is 2.51. The van der Waals surface area contributed by atoms with Gasteiger partial charge in [-0.2, -0.15) is 11.8 Å². The van der Waals surface area contributed by atoms with Crippen molar-refractivity contribution in [2.24, 2.45) is 11.8 Å². The van der Waals surface area contributed by atoms with Crippen LogP contribution in [0.5, 0.6) is 0 Å². The molecule has 4 atom stereocenters. The first-order chi connectivity index (χ1) is 15.4. The lowest BCUT2D eigenvalue weighted by Gasteiger charge is -2.32. The molecule has 168 valence electrons. The second kappa shape index (κ2) is 8.63. The summed E-state index contributed by atoms with van der Waals surface area (Å²) in [6.07, 6.45) is 2.07. The summed E-state index contributed by atoms with van der Waals surface area (Å²) < 4.78 is 33.3. The van der Waals surface area contributed by atoms with Gasteiger partial charge in [-0.1, -0.05) is 18.2 Å². The van der Waals surface area contributed by atoms with Gasteiger partial charge in [0.05, 0.1) is 24.6 Å². The summed E-state index contributed by atoms with van der Waals surface area (Å²) in [7, 11) is 1.22. The van der Waals surface area contributed by atoms with Crippen LogP contribution >= 0.6 is 11.8 Å². The number of esters is 1. The molecule has 2 aliphatic rings. The maximum Gasteiger partial charge on any atom is 0.326 e. The number of thioether (sulfide) groups is 1. The van der Waals surface area contributed by atoms with E-state index in [-0.39, 0.29) is 17.7 Å². The fourth-order valence-electron chi connectivity index (χ4n) is 4.81. The maximum atomic E-state index is 14.8. The fourth-order valence-corrected chi connectivity index (χ4v) is 5.33. The Labute approximate surface area is 188 Å². The van der Waals surface area contributed by atoms with E-state index in [1.54, 1.807) is 6.07 Å². The van der Waals surface area contributed by atoms with Gasteiger partial charge < -0.3 is 4.74 Å². The Bertz CT molecular complexity index is 1060. The molecule has 2 aliphatic heterocycles. The first-order valence-electron chi connectivity index (χ1n) is 10.1. The van der Waals surface area contributed by atoms with Gasteiger partial charge in [0.15, 0.2) is 0 Å². The maximum absolute atomic E-state index is 14.8. The van der Waals surface area contributed by atoms with Gasteiger partial charge in [-0.05, 0) is 48.8 Å². The molecule has 0 bridgehead atoms. The lowest BCUT2D eigenvalue weighted by molar-refractivity contribution is -0.152. The van der Waals surface area contributed by atoms with E-state index in [0.29, 0.717) is 5.75 Å². The van der Waals surface area contributed by atoms with E-state index in [1.807, 2.05) is 6.26 Å². The van der Waals surface area contributed by atoms with E-state index in [0.717, 1.165) is 17.0 Å². The molecule has 2 heterocycles. The average molecular weight is 461 g/mol. The molecule has 2 aromatic carbocycles. The lowest BCUT2D eigenvalue weighted by atomic mass is 9.78. The molecule has 0 saturated carbocycles. The summed E-state index contributed by atoms with van der Waals surface area (Å²) in [4.78, 5) is 41.2. The number of halogens is 2. The number of benzene rings is 2. The third kappa shape index (κ3) is 3.40. The number of carbonyl (C=O) groups excluding carboxylic acids is 3. The van der Waals surface area contributed by atoms with Gasteiger partial charge in [0.1, 0.15) is 17.2 Å². The minimum atomic E-state index is -1.50. The van der Waals surface area contributed by atoms with Gasteiger partial charge >= 0.3 is 5.97 Å². The zero-order valence-corrected chi connectivity index (χ0v) is 18.3. The van der Waals surface area contributed by atoms with Crippen LogP contribution in [0.3, 0.4) is 0 Å². The predicted molar refractivity (Wildman–Crippen MR) is 116 cm³/mol. The summed E-state index contributed by atoms with van der Waals surface area (Å²) in [6.45, 7) is 0. The SMILES string of the molecule is COC(=O)[C@]1(CCSC)N[C@H](c2ccccc2F)[C@H]2C(=O)N(c3ccc(F)cc3)C(=O)[C@H]21. The van der Waals surface area contributed by atoms with Crippen molar-refractivity contribution in [2.45, 2.75) is 18.0 Å². The Hall–Kier alpha value is -2.78. The van der Waals surface area contributed by atoms with Gasteiger partial charge in [0.25, 0.3) is 0 Å². The minimum Gasteiger partial charge on any atom is -0.468 e. The van der Waals surface area contributed by atoms with Crippen molar-refractivity contribution in [2.75, 3.05) is 24.0 Å². The number of fused-ring (bicyclic) bond motifs is 1. The van der Waals surface area contributed by atoms with Crippen molar-refractivity contribution >= 4 is 35.2 Å². The van der Waals surface area contributed by atoms with Crippen molar-refractivity contribution in [3.05, 3.63) is 65.7 Å². The quantitative estimate of drug-likeness (QED) is 0.528. The fraction of sp³-hybridized carbons (Fsp3) is 0.348. The standard InChI is InChI=1S/C23H22F2N2O4S/c1-31-22(30)23(11-12-32-2)18-17(19(26-23)15-5-3-4-6-16(15)25)20(28)27(21(18)29)14-9-7-13(24)8-10-14/h3-10,17-19,26H,11-12H2,1-2H3/t17-,18-,19+,23+/m0/s1. The highest BCUT2D eigenvalue weighted by Gasteiger charge is 2.68. The van der Waals surface area contributed by atoms with Crippen LogP contribution in [0, 0.1) is 23.5 Å². The van der Waals surface area contributed by atoms with Crippen LogP contribution in [0.25, 0.3) is 0 Å². The summed E-state index contributed by atoms with van der Waals surface area (Å²) in [5, 5.41) is 3.13. The zero-order valence-electron chi connectivity index (χ0n) is 17.5. The number of hydrogen-bond acceptors (Lipinski definition) is 6. The number of hydrogen-bond donors (Lipinski definition) is 1. The molecular formula is C23H22F2N2O4S. The Kier molecular flexibility index (Phi) is 6.05. The molecule has 4 rings (SSSR count). The lowest BCUT2D eigenvalue weighted by Crippen LogP contribution is -2.56. The predicted octanol–water partition coefficient (Wildman–Crippen LogP) is 3.08. The summed E-state index contributed by atoms with van der Waals surface area (Å²) in [5.41, 5.74) is -1.11. The van der Waals surface area contributed by atoms with E-state index in [9.17, 15) is 23.2 Å². The Morgan fingerprint density at radius 2 is 1.81 bits per heavy atom. The Balaban J connectivity index is 1.87. The molecule has 2 saturated heterocycles. The highest BCUT2D eigenvalue weighted by molar-refractivity contribution is 7.98. The molecule has 2 amide bonds. The number of nitrogens with zero attached hydrogens (tertiary/aromatic N) is 1. The van der Waals surface area contributed by atoms with Gasteiger partial charge in [0, 0.05) is 11.6 Å². The van der Waals surface area contributed by atoms with Crippen molar-refractivity contribution in [1.82, 2.24) is 5.32 Å². The van der Waals surface area contributed by atoms with Crippen molar-refractivity contribution in [1.29, 1.82) is 0 Å². The van der Waals surface area contributed by atoms with Crippen LogP contribution in [-0.2, 0) is 19.1 Å². The number of anilines is 1. The number of imide groups is 1. The molecule has 2 fully saturated rings. The first-order valence-corrected chi connectivity index (χ1v) is 11.5. The second-order valence-corrected chi connectivity index (χ2v) is 8.83. The Morgan fingerprint density at radius 1 is 1.12 bits per heavy atom. The average Bonchev–Trinajstić information content (AvgIpc) is 3.27. The van der Waals surface area contributed by atoms with Gasteiger partial charge in [-0.15, -0.1) is 0 Å². The molecular weight excluding hydrogens is 438 g/mol. The second-order valence-electron chi connectivity index (χ2n) is 7.84. The summed E-state index contributed by atoms with van der Waals surface area (Å²) in [5.74, 6) is -4.51. The number of amides is 2. The topological polar surface area (TPSA) is 75.7 Å². The highest BCUT2D eigenvalue weighted by atomic mass is 32.2. The van der Waals surface area contributed by atoms with Crippen molar-refractivity contribution < 1.29 is 27.9 Å². The molecule has 1 N–H and O–H groups in total. The van der Waals surface area contributed by atoms with Gasteiger partial charge in [-0.3, -0.25) is 19.7 Å². The molecule has 0 aromatic heterocycles.